The van der Waals surface area contributed by atoms with E-state index in [2.05, 4.69) is 0 Å². The zero-order valence-corrected chi connectivity index (χ0v) is 17.1. The van der Waals surface area contributed by atoms with Gasteiger partial charge in [0.05, 0.1) is 13.0 Å². The first kappa shape index (κ1) is 24.0. The second-order valence-corrected chi connectivity index (χ2v) is 7.40. The maximum atomic E-state index is 14.0. The minimum absolute atomic E-state index is 0.149. The van der Waals surface area contributed by atoms with Crippen molar-refractivity contribution in [3.63, 3.8) is 0 Å². The zero-order chi connectivity index (χ0) is 24.2. The van der Waals surface area contributed by atoms with Gasteiger partial charge in [0.1, 0.15) is 12.6 Å². The molecule has 3 rings (SSSR count). The molecule has 2 aromatic rings. The molecule has 1 unspecified atom stereocenters. The van der Waals surface area contributed by atoms with Gasteiger partial charge in [-0.15, -0.1) is 0 Å². The summed E-state index contributed by atoms with van der Waals surface area (Å²) in [6.07, 6.45) is -5.82. The molecule has 0 spiro atoms. The van der Waals surface area contributed by atoms with E-state index in [4.69, 9.17) is 9.84 Å². The van der Waals surface area contributed by atoms with Gasteiger partial charge in [-0.05, 0) is 22.3 Å². The van der Waals surface area contributed by atoms with Crippen molar-refractivity contribution in [2.75, 3.05) is 13.2 Å². The molecule has 0 fully saturated rings. The van der Waals surface area contributed by atoms with Gasteiger partial charge in [-0.1, -0.05) is 48.5 Å². The molecule has 0 saturated carbocycles. The molecule has 2 amide bonds. The topological polar surface area (TPSA) is 105 Å². The van der Waals surface area contributed by atoms with Crippen LogP contribution in [0, 0.1) is 0 Å². The van der Waals surface area contributed by atoms with Gasteiger partial charge >= 0.3 is 18.0 Å². The Bertz CT molecular complexity index is 1000. The number of benzene rings is 2. The van der Waals surface area contributed by atoms with Gasteiger partial charge in [-0.2, -0.15) is 8.78 Å². The zero-order valence-electron chi connectivity index (χ0n) is 17.1. The highest BCUT2D eigenvalue weighted by molar-refractivity contribution is 5.85. The third-order valence-electron chi connectivity index (χ3n) is 5.15. The number of hydrogen-bond acceptors (Lipinski definition) is 4. The Morgan fingerprint density at radius 2 is 1.55 bits per heavy atom. The van der Waals surface area contributed by atoms with Gasteiger partial charge in [0.25, 0.3) is 12.3 Å². The second kappa shape index (κ2) is 9.88. The van der Waals surface area contributed by atoms with Crippen LogP contribution in [0.25, 0.3) is 11.1 Å². The van der Waals surface area contributed by atoms with Crippen molar-refractivity contribution in [3.8, 4) is 11.1 Å². The molecule has 0 heterocycles. The van der Waals surface area contributed by atoms with Crippen LogP contribution in [0.4, 0.5) is 22.4 Å². The normalized spacial score (nSPS) is 13.7. The number of rotatable bonds is 9. The molecule has 176 valence electrons. The maximum absolute atomic E-state index is 14.0. The number of carboxylic acid groups (broad SMARTS) is 1. The van der Waals surface area contributed by atoms with Crippen molar-refractivity contribution in [2.45, 2.75) is 30.7 Å². The molecule has 0 radical (unpaired) electrons. The molecule has 0 saturated heterocycles. The maximum Gasteiger partial charge on any atom is 0.407 e. The third kappa shape index (κ3) is 5.60. The van der Waals surface area contributed by atoms with Crippen molar-refractivity contribution in [1.82, 2.24) is 10.6 Å². The van der Waals surface area contributed by atoms with Crippen LogP contribution in [0.15, 0.2) is 48.5 Å². The van der Waals surface area contributed by atoms with Gasteiger partial charge in [-0.3, -0.25) is 9.59 Å². The van der Waals surface area contributed by atoms with Crippen LogP contribution in [0.5, 0.6) is 0 Å². The van der Waals surface area contributed by atoms with Crippen LogP contribution in [0.3, 0.4) is 0 Å². The quantitative estimate of drug-likeness (QED) is 0.490. The SMILES string of the molecule is O=C(O)CC(NC(=O)C(F)(F)CNC(=O)OCC1c2ccccc2-c2ccccc21)C(F)F. The van der Waals surface area contributed by atoms with Crippen molar-refractivity contribution in [1.29, 1.82) is 0 Å². The Labute approximate surface area is 185 Å². The molecule has 33 heavy (non-hydrogen) atoms. The third-order valence-corrected chi connectivity index (χ3v) is 5.15. The number of hydrogen-bond donors (Lipinski definition) is 3. The fraction of sp³-hybridized carbons (Fsp3) is 0.318. The predicted molar refractivity (Wildman–Crippen MR) is 108 cm³/mol. The standard InChI is InChI=1S/C22H20F4N2O5/c23-19(24)17(9-18(29)30)28-20(31)22(25,26)11-27-21(32)33-10-16-14-7-3-1-5-12(14)13-6-2-4-8-15(13)16/h1-8,16-17,19H,9-11H2,(H,27,32)(H,28,31)(H,29,30). The Morgan fingerprint density at radius 1 is 1.00 bits per heavy atom. The second-order valence-electron chi connectivity index (χ2n) is 7.40. The number of halogens is 4. The molecule has 7 nitrogen and oxygen atoms in total. The minimum Gasteiger partial charge on any atom is -0.481 e. The number of carbonyl (C=O) groups excluding carboxylic acids is 2. The molecule has 1 aliphatic rings. The van der Waals surface area contributed by atoms with E-state index >= 15 is 0 Å². The monoisotopic (exact) mass is 468 g/mol. The fourth-order valence-electron chi connectivity index (χ4n) is 3.58. The number of amides is 2. The highest BCUT2D eigenvalue weighted by Crippen LogP contribution is 2.44. The Morgan fingerprint density at radius 3 is 2.06 bits per heavy atom. The van der Waals surface area contributed by atoms with E-state index in [1.54, 1.807) is 5.32 Å². The Kier molecular flexibility index (Phi) is 7.19. The van der Waals surface area contributed by atoms with Crippen LogP contribution in [-0.2, 0) is 14.3 Å². The number of aliphatic carboxylic acids is 1. The summed E-state index contributed by atoms with van der Waals surface area (Å²) < 4.78 is 58.6. The largest absolute Gasteiger partial charge is 0.481 e. The number of carbonyl (C=O) groups is 3. The van der Waals surface area contributed by atoms with Gasteiger partial charge in [0.15, 0.2) is 0 Å². The van der Waals surface area contributed by atoms with Crippen molar-refractivity contribution < 1.29 is 41.8 Å². The van der Waals surface area contributed by atoms with Crippen LogP contribution < -0.4 is 10.6 Å². The average molecular weight is 468 g/mol. The lowest BCUT2D eigenvalue weighted by Crippen LogP contribution is -2.53. The van der Waals surface area contributed by atoms with E-state index in [-0.39, 0.29) is 12.5 Å². The Hall–Kier alpha value is -3.63. The lowest BCUT2D eigenvalue weighted by Gasteiger charge is -2.21. The van der Waals surface area contributed by atoms with Crippen molar-refractivity contribution in [2.24, 2.45) is 0 Å². The number of nitrogens with one attached hydrogen (secondary N) is 2. The molecular weight excluding hydrogens is 448 g/mol. The summed E-state index contributed by atoms with van der Waals surface area (Å²) in [6, 6.07) is 12.7. The van der Waals surface area contributed by atoms with Gasteiger partial charge < -0.3 is 20.5 Å². The lowest BCUT2D eigenvalue weighted by molar-refractivity contribution is -0.148. The number of alkyl carbamates (subject to hydrolysis) is 1. The molecule has 3 N–H and O–H groups in total. The predicted octanol–water partition coefficient (Wildman–Crippen LogP) is 3.39. The summed E-state index contributed by atoms with van der Waals surface area (Å²) in [6.45, 7) is -1.66. The summed E-state index contributed by atoms with van der Waals surface area (Å²) >= 11 is 0. The molecular formula is C22H20F4N2O5. The van der Waals surface area contributed by atoms with Crippen molar-refractivity contribution >= 4 is 18.0 Å². The lowest BCUT2D eigenvalue weighted by atomic mass is 9.98. The first-order valence-electron chi connectivity index (χ1n) is 9.87. The Balaban J connectivity index is 1.56. The first-order chi connectivity index (χ1) is 15.6. The summed E-state index contributed by atoms with van der Waals surface area (Å²) in [4.78, 5) is 34.2. The van der Waals surface area contributed by atoms with E-state index in [0.29, 0.717) is 0 Å². The van der Waals surface area contributed by atoms with E-state index in [1.165, 1.54) is 5.32 Å². The molecule has 0 aromatic heterocycles. The van der Waals surface area contributed by atoms with E-state index in [1.807, 2.05) is 48.5 Å². The summed E-state index contributed by atoms with van der Waals surface area (Å²) in [5, 5.41) is 11.6. The van der Waals surface area contributed by atoms with E-state index < -0.39 is 49.3 Å². The van der Waals surface area contributed by atoms with Crippen LogP contribution >= 0.6 is 0 Å². The minimum atomic E-state index is -4.27. The molecule has 2 aromatic carbocycles. The van der Waals surface area contributed by atoms with Gasteiger partial charge in [-0.25, -0.2) is 13.6 Å². The fourth-order valence-corrected chi connectivity index (χ4v) is 3.58. The highest BCUT2D eigenvalue weighted by Gasteiger charge is 2.42. The van der Waals surface area contributed by atoms with Crippen LogP contribution in [0.1, 0.15) is 23.5 Å². The van der Waals surface area contributed by atoms with E-state index in [9.17, 15) is 31.9 Å². The van der Waals surface area contributed by atoms with E-state index in [0.717, 1.165) is 22.3 Å². The van der Waals surface area contributed by atoms with Crippen LogP contribution in [-0.4, -0.2) is 54.6 Å². The van der Waals surface area contributed by atoms with Gasteiger partial charge in [0.2, 0.25) is 0 Å². The highest BCUT2D eigenvalue weighted by atomic mass is 19.3. The molecule has 1 aliphatic carbocycles. The number of carboxylic acids is 1. The van der Waals surface area contributed by atoms with Crippen molar-refractivity contribution in [3.05, 3.63) is 59.7 Å². The number of ether oxygens (including phenoxy) is 1. The molecule has 0 aliphatic heterocycles. The number of alkyl halides is 4. The first-order valence-corrected chi connectivity index (χ1v) is 9.87. The number of fused-ring (bicyclic) bond motifs is 3. The molecule has 0 bridgehead atoms. The summed E-state index contributed by atoms with van der Waals surface area (Å²) in [7, 11) is 0. The summed E-state index contributed by atoms with van der Waals surface area (Å²) in [5.41, 5.74) is 3.76. The van der Waals surface area contributed by atoms with Crippen LogP contribution in [0.2, 0.25) is 0 Å². The molecule has 1 atom stereocenters. The average Bonchev–Trinajstić information content (AvgIpc) is 3.09. The van der Waals surface area contributed by atoms with Gasteiger partial charge in [0, 0.05) is 5.92 Å². The summed E-state index contributed by atoms with van der Waals surface area (Å²) in [5.74, 6) is -8.40. The molecule has 11 heteroatoms. The smallest absolute Gasteiger partial charge is 0.407 e.